The van der Waals surface area contributed by atoms with Crippen LogP contribution in [-0.4, -0.2) is 26.0 Å². The van der Waals surface area contributed by atoms with Gasteiger partial charge in [-0.15, -0.1) is 0 Å². The number of hydrogen-bond donors (Lipinski definition) is 1. The van der Waals surface area contributed by atoms with Gasteiger partial charge >= 0.3 is 0 Å². The third-order valence-electron chi connectivity index (χ3n) is 3.05. The highest BCUT2D eigenvalue weighted by atomic mass is 35.5. The molecule has 0 aromatic heterocycles. The van der Waals surface area contributed by atoms with Crippen molar-refractivity contribution >= 4 is 23.2 Å². The fourth-order valence-corrected chi connectivity index (χ4v) is 2.51. The van der Waals surface area contributed by atoms with Crippen molar-refractivity contribution in [1.29, 1.82) is 0 Å². The van der Waals surface area contributed by atoms with Crippen LogP contribution >= 0.6 is 23.2 Å². The highest BCUT2D eigenvalue weighted by Gasteiger charge is 2.16. The van der Waals surface area contributed by atoms with Crippen LogP contribution in [0.15, 0.2) is 18.2 Å². The summed E-state index contributed by atoms with van der Waals surface area (Å²) in [5.74, 6) is 0. The lowest BCUT2D eigenvalue weighted by atomic mass is 10.1. The summed E-state index contributed by atoms with van der Waals surface area (Å²) in [7, 11) is 0. The minimum absolute atomic E-state index is 0.168. The summed E-state index contributed by atoms with van der Waals surface area (Å²) in [6.07, 6.45) is 1.14. The van der Waals surface area contributed by atoms with Gasteiger partial charge in [0.1, 0.15) is 6.79 Å². The minimum Gasteiger partial charge on any atom is -0.355 e. The van der Waals surface area contributed by atoms with Gasteiger partial charge in [-0.25, -0.2) is 0 Å². The van der Waals surface area contributed by atoms with Crippen molar-refractivity contribution in [2.24, 2.45) is 0 Å². The number of ether oxygens (including phenoxy) is 2. The van der Waals surface area contributed by atoms with E-state index in [9.17, 15) is 0 Å². The second kappa shape index (κ2) is 6.73. The Labute approximate surface area is 117 Å². The second-order valence-electron chi connectivity index (χ2n) is 4.40. The first kappa shape index (κ1) is 14.1. The van der Waals surface area contributed by atoms with Gasteiger partial charge in [-0.1, -0.05) is 29.3 Å². The largest absolute Gasteiger partial charge is 0.355 e. The van der Waals surface area contributed by atoms with E-state index >= 15 is 0 Å². The molecule has 18 heavy (non-hydrogen) atoms. The van der Waals surface area contributed by atoms with Crippen LogP contribution in [0.4, 0.5) is 0 Å². The molecule has 1 saturated heterocycles. The van der Waals surface area contributed by atoms with Gasteiger partial charge < -0.3 is 14.8 Å². The van der Waals surface area contributed by atoms with Crippen LogP contribution in [0.5, 0.6) is 0 Å². The van der Waals surface area contributed by atoms with Crippen LogP contribution in [0.3, 0.4) is 0 Å². The Morgan fingerprint density at radius 3 is 2.94 bits per heavy atom. The molecule has 0 amide bonds. The summed E-state index contributed by atoms with van der Waals surface area (Å²) in [4.78, 5) is 0. The minimum atomic E-state index is 0.168. The summed E-state index contributed by atoms with van der Waals surface area (Å²) >= 11 is 12.1. The van der Waals surface area contributed by atoms with Gasteiger partial charge in [0.2, 0.25) is 0 Å². The molecular formula is C13H17Cl2NO2. The van der Waals surface area contributed by atoms with Gasteiger partial charge in [0.25, 0.3) is 0 Å². The molecule has 1 heterocycles. The van der Waals surface area contributed by atoms with Crippen LogP contribution in [-0.2, 0) is 9.47 Å². The summed E-state index contributed by atoms with van der Waals surface area (Å²) < 4.78 is 10.6. The van der Waals surface area contributed by atoms with E-state index in [1.54, 1.807) is 6.07 Å². The van der Waals surface area contributed by atoms with Crippen molar-refractivity contribution in [2.45, 2.75) is 25.5 Å². The van der Waals surface area contributed by atoms with Crippen molar-refractivity contribution in [3.05, 3.63) is 33.8 Å². The zero-order chi connectivity index (χ0) is 13.0. The predicted molar refractivity (Wildman–Crippen MR) is 73.2 cm³/mol. The Morgan fingerprint density at radius 1 is 1.44 bits per heavy atom. The third kappa shape index (κ3) is 3.84. The fourth-order valence-electron chi connectivity index (χ4n) is 1.93. The first-order chi connectivity index (χ1) is 8.66. The van der Waals surface area contributed by atoms with Crippen molar-refractivity contribution in [3.8, 4) is 0 Å². The lowest BCUT2D eigenvalue weighted by Gasteiger charge is -2.25. The molecule has 5 heteroatoms. The standard InChI is InChI=1S/C13H17Cl2NO2/c1-9(12-3-2-10(14)6-13(12)15)16-7-11-4-5-17-8-18-11/h2-3,6,9,11,16H,4-5,7-8H2,1H3. The fraction of sp³-hybridized carbons (Fsp3) is 0.538. The van der Waals surface area contributed by atoms with Crippen molar-refractivity contribution in [2.75, 3.05) is 19.9 Å². The highest BCUT2D eigenvalue weighted by Crippen LogP contribution is 2.26. The van der Waals surface area contributed by atoms with Gasteiger partial charge in [-0.2, -0.15) is 0 Å². The lowest BCUT2D eigenvalue weighted by molar-refractivity contribution is -0.137. The Kier molecular flexibility index (Phi) is 5.27. The van der Waals surface area contributed by atoms with Crippen LogP contribution in [0.25, 0.3) is 0 Å². The van der Waals surface area contributed by atoms with E-state index in [0.717, 1.165) is 25.1 Å². The Hall–Kier alpha value is -0.320. The quantitative estimate of drug-likeness (QED) is 0.921. The molecule has 1 aromatic rings. The van der Waals surface area contributed by atoms with Crippen LogP contribution in [0.2, 0.25) is 10.0 Å². The molecule has 2 rings (SSSR count). The third-order valence-corrected chi connectivity index (χ3v) is 3.61. The molecule has 1 N–H and O–H groups in total. The van der Waals surface area contributed by atoms with Gasteiger partial charge in [0, 0.05) is 22.6 Å². The summed E-state index contributed by atoms with van der Waals surface area (Å²) in [5, 5.41) is 4.77. The molecule has 100 valence electrons. The molecule has 0 spiro atoms. The number of benzene rings is 1. The molecule has 1 fully saturated rings. The molecule has 2 atom stereocenters. The van der Waals surface area contributed by atoms with Crippen molar-refractivity contribution in [1.82, 2.24) is 5.32 Å². The van der Waals surface area contributed by atoms with E-state index in [4.69, 9.17) is 32.7 Å². The summed E-state index contributed by atoms with van der Waals surface area (Å²) in [6, 6.07) is 5.74. The van der Waals surface area contributed by atoms with Crippen molar-refractivity contribution in [3.63, 3.8) is 0 Å². The average molecular weight is 290 g/mol. The maximum absolute atomic E-state index is 6.17. The molecule has 0 aliphatic carbocycles. The highest BCUT2D eigenvalue weighted by molar-refractivity contribution is 6.35. The van der Waals surface area contributed by atoms with Crippen LogP contribution in [0.1, 0.15) is 24.9 Å². The smallest absolute Gasteiger partial charge is 0.147 e. The number of halogens is 2. The van der Waals surface area contributed by atoms with E-state index < -0.39 is 0 Å². The predicted octanol–water partition coefficient (Wildman–Crippen LogP) is 3.41. The molecule has 2 unspecified atom stereocenters. The van der Waals surface area contributed by atoms with Crippen LogP contribution in [0, 0.1) is 0 Å². The topological polar surface area (TPSA) is 30.5 Å². The maximum atomic E-state index is 6.17. The monoisotopic (exact) mass is 289 g/mol. The molecule has 0 radical (unpaired) electrons. The molecule has 1 aromatic carbocycles. The second-order valence-corrected chi connectivity index (χ2v) is 5.24. The maximum Gasteiger partial charge on any atom is 0.147 e. The molecule has 1 aliphatic heterocycles. The number of rotatable bonds is 4. The lowest BCUT2D eigenvalue weighted by Crippen LogP contribution is -2.35. The first-order valence-corrected chi connectivity index (χ1v) is 6.80. The van der Waals surface area contributed by atoms with E-state index in [-0.39, 0.29) is 12.1 Å². The SMILES string of the molecule is CC(NCC1CCOCO1)c1ccc(Cl)cc1Cl. The Balaban J connectivity index is 1.88. The van der Waals surface area contributed by atoms with E-state index in [2.05, 4.69) is 12.2 Å². The summed E-state index contributed by atoms with van der Waals surface area (Å²) in [5.41, 5.74) is 1.05. The van der Waals surface area contributed by atoms with Gasteiger partial charge in [0.15, 0.2) is 0 Å². The molecule has 0 saturated carbocycles. The Morgan fingerprint density at radius 2 is 2.28 bits per heavy atom. The van der Waals surface area contributed by atoms with Crippen LogP contribution < -0.4 is 5.32 Å². The number of hydrogen-bond acceptors (Lipinski definition) is 3. The molecule has 0 bridgehead atoms. The van der Waals surface area contributed by atoms with Crippen molar-refractivity contribution < 1.29 is 9.47 Å². The zero-order valence-electron chi connectivity index (χ0n) is 10.3. The van der Waals surface area contributed by atoms with Gasteiger partial charge in [-0.3, -0.25) is 0 Å². The molecular weight excluding hydrogens is 273 g/mol. The average Bonchev–Trinajstić information content (AvgIpc) is 2.37. The van der Waals surface area contributed by atoms with E-state index in [1.807, 2.05) is 12.1 Å². The van der Waals surface area contributed by atoms with Gasteiger partial charge in [-0.05, 0) is 31.0 Å². The first-order valence-electron chi connectivity index (χ1n) is 6.04. The molecule has 1 aliphatic rings. The van der Waals surface area contributed by atoms with E-state index in [1.165, 1.54) is 0 Å². The zero-order valence-corrected chi connectivity index (χ0v) is 11.8. The van der Waals surface area contributed by atoms with Gasteiger partial charge in [0.05, 0.1) is 12.7 Å². The van der Waals surface area contributed by atoms with E-state index in [0.29, 0.717) is 16.8 Å². The summed E-state index contributed by atoms with van der Waals surface area (Å²) in [6.45, 7) is 4.03. The number of nitrogens with one attached hydrogen (secondary N) is 1. The molecule has 3 nitrogen and oxygen atoms in total. The Bertz CT molecular complexity index is 395. The normalized spacial score (nSPS) is 21.8.